The molecule has 0 saturated heterocycles. The lowest BCUT2D eigenvalue weighted by molar-refractivity contribution is -0.113. The van der Waals surface area contributed by atoms with Crippen molar-refractivity contribution in [2.24, 2.45) is 0 Å². The maximum atomic E-state index is 13.1. The SMILES string of the molecule is O=C(Nc1ccc(SCC(=O)c2ccc3c(c2)Cc2ccccc2-3)cc1)/C(=C/c1ccco1)NC(=O)c1ccccc1. The second-order valence-corrected chi connectivity index (χ2v) is 10.8. The number of nitrogens with one attached hydrogen (secondary N) is 2. The molecular weight excluding hydrogens is 544 g/mol. The Morgan fingerprint density at radius 3 is 2.31 bits per heavy atom. The van der Waals surface area contributed by atoms with Gasteiger partial charge in [-0.15, -0.1) is 11.8 Å². The van der Waals surface area contributed by atoms with Gasteiger partial charge in [0, 0.05) is 27.8 Å². The van der Waals surface area contributed by atoms with Crippen molar-refractivity contribution < 1.29 is 18.8 Å². The van der Waals surface area contributed by atoms with Gasteiger partial charge in [0.1, 0.15) is 11.5 Å². The minimum atomic E-state index is -0.495. The maximum absolute atomic E-state index is 13.1. The molecule has 5 aromatic rings. The Kier molecular flexibility index (Phi) is 7.83. The van der Waals surface area contributed by atoms with Gasteiger partial charge in [0.15, 0.2) is 5.78 Å². The average molecular weight is 571 g/mol. The molecule has 1 heterocycles. The molecule has 1 aliphatic rings. The Morgan fingerprint density at radius 1 is 0.762 bits per heavy atom. The van der Waals surface area contributed by atoms with Gasteiger partial charge >= 0.3 is 0 Å². The van der Waals surface area contributed by atoms with Gasteiger partial charge < -0.3 is 15.1 Å². The van der Waals surface area contributed by atoms with Crippen LogP contribution in [0.5, 0.6) is 0 Å². The van der Waals surface area contributed by atoms with Crippen LogP contribution >= 0.6 is 11.8 Å². The van der Waals surface area contributed by atoms with Crippen molar-refractivity contribution >= 4 is 41.1 Å². The standard InChI is InChI=1S/C35H26N2O4S/c38-33(25-12-17-31-26(20-25)19-24-9-4-5-11-30(24)31)22-42-29-15-13-27(14-16-29)36-35(40)32(21-28-10-6-18-41-28)37-34(39)23-7-2-1-3-8-23/h1-18,20-21H,19,22H2,(H,36,40)(H,37,39)/b32-21-. The van der Waals surface area contributed by atoms with E-state index in [0.717, 1.165) is 11.3 Å². The van der Waals surface area contributed by atoms with E-state index in [9.17, 15) is 14.4 Å². The predicted molar refractivity (Wildman–Crippen MR) is 165 cm³/mol. The summed E-state index contributed by atoms with van der Waals surface area (Å²) in [6.45, 7) is 0. The number of Topliss-reactive ketones (excluding diaryl/α,β-unsaturated/α-hetero) is 1. The van der Waals surface area contributed by atoms with E-state index in [1.54, 1.807) is 48.5 Å². The highest BCUT2D eigenvalue weighted by Gasteiger charge is 2.20. The number of carbonyl (C=O) groups excluding carboxylic acids is 3. The summed E-state index contributed by atoms with van der Waals surface area (Å²) in [6, 6.07) is 33.6. The van der Waals surface area contributed by atoms with Gasteiger partial charge in [-0.25, -0.2) is 0 Å². The molecular formula is C35H26N2O4S. The Hall–Kier alpha value is -5.14. The number of thioether (sulfide) groups is 1. The molecule has 0 spiro atoms. The molecule has 6 rings (SSSR count). The van der Waals surface area contributed by atoms with Crippen molar-refractivity contribution in [2.45, 2.75) is 11.3 Å². The Morgan fingerprint density at radius 2 is 1.52 bits per heavy atom. The Labute approximate surface area is 247 Å². The number of anilines is 1. The zero-order chi connectivity index (χ0) is 28.9. The fraction of sp³-hybridized carbons (Fsp3) is 0.0571. The molecule has 0 bridgehead atoms. The van der Waals surface area contributed by atoms with E-state index in [1.165, 1.54) is 46.4 Å². The third-order valence-electron chi connectivity index (χ3n) is 6.96. The normalized spacial score (nSPS) is 11.9. The number of hydrogen-bond donors (Lipinski definition) is 2. The molecule has 7 heteroatoms. The number of carbonyl (C=O) groups is 3. The molecule has 2 amide bonds. The van der Waals surface area contributed by atoms with Crippen molar-refractivity contribution in [3.63, 3.8) is 0 Å². The number of benzene rings is 4. The van der Waals surface area contributed by atoms with Crippen LogP contribution in [-0.4, -0.2) is 23.4 Å². The summed E-state index contributed by atoms with van der Waals surface area (Å²) in [4.78, 5) is 39.7. The lowest BCUT2D eigenvalue weighted by Crippen LogP contribution is -2.30. The minimum absolute atomic E-state index is 0.0419. The maximum Gasteiger partial charge on any atom is 0.272 e. The highest BCUT2D eigenvalue weighted by atomic mass is 32.2. The fourth-order valence-electron chi connectivity index (χ4n) is 4.84. The number of fused-ring (bicyclic) bond motifs is 3. The van der Waals surface area contributed by atoms with Gasteiger partial charge in [-0.3, -0.25) is 14.4 Å². The molecule has 206 valence electrons. The summed E-state index contributed by atoms with van der Waals surface area (Å²) in [7, 11) is 0. The zero-order valence-corrected chi connectivity index (χ0v) is 23.3. The van der Waals surface area contributed by atoms with Gasteiger partial charge in [-0.05, 0) is 83.3 Å². The zero-order valence-electron chi connectivity index (χ0n) is 22.5. The number of furan rings is 1. The molecule has 0 unspecified atom stereocenters. The molecule has 0 atom stereocenters. The van der Waals surface area contributed by atoms with Crippen LogP contribution in [0.1, 0.15) is 37.6 Å². The average Bonchev–Trinajstić information content (AvgIpc) is 3.68. The van der Waals surface area contributed by atoms with Crippen LogP contribution in [-0.2, 0) is 11.2 Å². The first-order chi connectivity index (χ1) is 20.5. The summed E-state index contributed by atoms with van der Waals surface area (Å²) >= 11 is 1.44. The quantitative estimate of drug-likeness (QED) is 0.109. The van der Waals surface area contributed by atoms with Crippen LogP contribution in [0.25, 0.3) is 17.2 Å². The van der Waals surface area contributed by atoms with Crippen LogP contribution < -0.4 is 10.6 Å². The topological polar surface area (TPSA) is 88.4 Å². The van der Waals surface area contributed by atoms with Crippen LogP contribution in [0.4, 0.5) is 5.69 Å². The minimum Gasteiger partial charge on any atom is -0.465 e. The lowest BCUT2D eigenvalue weighted by Gasteiger charge is -2.11. The first kappa shape index (κ1) is 27.1. The number of hydrogen-bond acceptors (Lipinski definition) is 5. The molecule has 6 nitrogen and oxygen atoms in total. The third-order valence-corrected chi connectivity index (χ3v) is 7.97. The van der Waals surface area contributed by atoms with Gasteiger partial charge in [-0.1, -0.05) is 54.6 Å². The van der Waals surface area contributed by atoms with Crippen molar-refractivity contribution in [3.05, 3.63) is 149 Å². The lowest BCUT2D eigenvalue weighted by atomic mass is 10.0. The summed E-state index contributed by atoms with van der Waals surface area (Å²) < 4.78 is 5.34. The molecule has 1 aliphatic carbocycles. The molecule has 0 radical (unpaired) electrons. The van der Waals surface area contributed by atoms with Crippen molar-refractivity contribution in [2.75, 3.05) is 11.1 Å². The van der Waals surface area contributed by atoms with E-state index in [2.05, 4.69) is 22.8 Å². The smallest absolute Gasteiger partial charge is 0.272 e. The second kappa shape index (κ2) is 12.2. The molecule has 0 aliphatic heterocycles. The highest BCUT2D eigenvalue weighted by Crippen LogP contribution is 2.37. The van der Waals surface area contributed by atoms with Crippen molar-refractivity contribution in [3.8, 4) is 11.1 Å². The van der Waals surface area contributed by atoms with Crippen molar-refractivity contribution in [1.29, 1.82) is 0 Å². The Balaban J connectivity index is 1.08. The molecule has 0 fully saturated rings. The Bertz CT molecular complexity index is 1790. The second-order valence-electron chi connectivity index (χ2n) is 9.79. The summed E-state index contributed by atoms with van der Waals surface area (Å²) in [5.74, 6) is -0.104. The van der Waals surface area contributed by atoms with Gasteiger partial charge in [-0.2, -0.15) is 0 Å². The van der Waals surface area contributed by atoms with Crippen LogP contribution in [0.15, 0.2) is 130 Å². The van der Waals surface area contributed by atoms with E-state index in [0.29, 0.717) is 28.3 Å². The first-order valence-electron chi connectivity index (χ1n) is 13.4. The molecule has 1 aromatic heterocycles. The number of rotatable bonds is 9. The summed E-state index contributed by atoms with van der Waals surface area (Å²) in [5, 5.41) is 5.50. The number of ketones is 1. The predicted octanol–water partition coefficient (Wildman–Crippen LogP) is 7.24. The fourth-order valence-corrected chi connectivity index (χ4v) is 5.63. The monoisotopic (exact) mass is 570 g/mol. The van der Waals surface area contributed by atoms with Gasteiger partial charge in [0.25, 0.3) is 11.8 Å². The molecule has 4 aromatic carbocycles. The van der Waals surface area contributed by atoms with E-state index in [4.69, 9.17) is 4.42 Å². The van der Waals surface area contributed by atoms with Crippen LogP contribution in [0.2, 0.25) is 0 Å². The number of amides is 2. The summed E-state index contributed by atoms with van der Waals surface area (Å²) in [6.07, 6.45) is 3.82. The third kappa shape index (κ3) is 6.11. The van der Waals surface area contributed by atoms with E-state index in [-0.39, 0.29) is 11.5 Å². The highest BCUT2D eigenvalue weighted by molar-refractivity contribution is 8.00. The van der Waals surface area contributed by atoms with Gasteiger partial charge in [0.2, 0.25) is 0 Å². The molecule has 42 heavy (non-hydrogen) atoms. The molecule has 0 saturated carbocycles. The van der Waals surface area contributed by atoms with E-state index in [1.807, 2.05) is 48.5 Å². The van der Waals surface area contributed by atoms with Gasteiger partial charge in [0.05, 0.1) is 12.0 Å². The van der Waals surface area contributed by atoms with Crippen LogP contribution in [0.3, 0.4) is 0 Å². The molecule has 2 N–H and O–H groups in total. The van der Waals surface area contributed by atoms with E-state index >= 15 is 0 Å². The first-order valence-corrected chi connectivity index (χ1v) is 14.4. The van der Waals surface area contributed by atoms with E-state index < -0.39 is 11.8 Å². The van der Waals surface area contributed by atoms with Crippen molar-refractivity contribution in [1.82, 2.24) is 5.32 Å². The summed E-state index contributed by atoms with van der Waals surface area (Å²) in [5.41, 5.74) is 6.66. The largest absolute Gasteiger partial charge is 0.465 e. The van der Waals surface area contributed by atoms with Crippen LogP contribution in [0, 0.1) is 0 Å².